The van der Waals surface area contributed by atoms with Gasteiger partial charge in [0.15, 0.2) is 25.2 Å². The summed E-state index contributed by atoms with van der Waals surface area (Å²) in [4.78, 5) is 36.3. The minimum atomic E-state index is -1.87. The zero-order valence-corrected chi connectivity index (χ0v) is 29.5. The molecular formula is C30H52N4O20. The van der Waals surface area contributed by atoms with Crippen molar-refractivity contribution in [1.82, 2.24) is 16.0 Å². The van der Waals surface area contributed by atoms with Crippen LogP contribution in [0.1, 0.15) is 20.8 Å². The first-order valence-electron chi connectivity index (χ1n) is 17.1. The van der Waals surface area contributed by atoms with Crippen molar-refractivity contribution in [2.45, 2.75) is 143 Å². The standard InChI is InChI=1S/C30H52N4O20/c1-8(39)32-16-21(44)24(12(5-36)48-27(16)47)53-29-18(34-10(3)41)23(46)26(14(7-38)51-29)54-30-17(33-9(2)40)22(45)25(13(6-37)50-30)52-28-15(31)20(43)19(42)11(4-35)49-28/h11-30,35-38,42-47H,4-7,31H2,1-3H3,(H,32,39)(H,33,40)(H,34,41)/t11-,12+,13+,14-,15-,16-,17-,18-,19-,20?,21?,22?,23?,24-,25-,26-,27-,28+,29+,30+/m1/s1. The summed E-state index contributed by atoms with van der Waals surface area (Å²) >= 11 is 0. The summed E-state index contributed by atoms with van der Waals surface area (Å²) in [6, 6.07) is -6.00. The van der Waals surface area contributed by atoms with Gasteiger partial charge in [0, 0.05) is 20.8 Å². The SMILES string of the molecule is CC(=O)N[C@@H]1C(O)[C@H](O[C@@H]2O[C@H](CO)[C@@H](O)C(O)[C@H]2N)[C@H](CO)O[C@H]1O[C@H]1C(O)[C@@H](NC(C)=O)[C@H](O[C@H]2C(O)[C@@H](NC(C)=O)[C@H](O)O[C@H]2CO)O[C@@H]1CO. The van der Waals surface area contributed by atoms with Crippen LogP contribution in [0.3, 0.4) is 0 Å². The first kappa shape index (κ1) is 44.4. The molecule has 0 saturated carbocycles. The van der Waals surface area contributed by atoms with Gasteiger partial charge in [-0.2, -0.15) is 0 Å². The monoisotopic (exact) mass is 788 g/mol. The molecule has 0 aromatic rings. The number of ether oxygens (including phenoxy) is 7. The highest BCUT2D eigenvalue weighted by atomic mass is 16.8. The van der Waals surface area contributed by atoms with Gasteiger partial charge in [-0.05, 0) is 0 Å². The summed E-state index contributed by atoms with van der Waals surface area (Å²) in [6.45, 7) is -0.0467. The van der Waals surface area contributed by atoms with Crippen LogP contribution < -0.4 is 21.7 Å². The van der Waals surface area contributed by atoms with Gasteiger partial charge in [-0.15, -0.1) is 0 Å². The second kappa shape index (κ2) is 19.2. The normalized spacial score (nSPS) is 45.7. The summed E-state index contributed by atoms with van der Waals surface area (Å²) in [5.74, 6) is -2.11. The third kappa shape index (κ3) is 9.79. The Morgan fingerprint density at radius 2 is 0.833 bits per heavy atom. The molecule has 0 aromatic heterocycles. The van der Waals surface area contributed by atoms with Crippen LogP contribution in [0.4, 0.5) is 0 Å². The van der Waals surface area contributed by atoms with E-state index in [0.717, 1.165) is 20.8 Å². The number of rotatable bonds is 13. The maximum Gasteiger partial charge on any atom is 0.217 e. The number of carbonyl (C=O) groups excluding carboxylic acids is 3. The van der Waals surface area contributed by atoms with Crippen molar-refractivity contribution in [2.75, 3.05) is 26.4 Å². The number of aliphatic hydroxyl groups is 10. The first-order chi connectivity index (χ1) is 25.5. The van der Waals surface area contributed by atoms with Crippen LogP contribution >= 0.6 is 0 Å². The predicted molar refractivity (Wildman–Crippen MR) is 171 cm³/mol. The number of hydrogen-bond donors (Lipinski definition) is 14. The Morgan fingerprint density at radius 1 is 0.500 bits per heavy atom. The van der Waals surface area contributed by atoms with Crippen molar-refractivity contribution in [1.29, 1.82) is 0 Å². The molecule has 3 amide bonds. The van der Waals surface area contributed by atoms with Gasteiger partial charge >= 0.3 is 0 Å². The average molecular weight is 789 g/mol. The molecule has 0 aromatic carbocycles. The van der Waals surface area contributed by atoms with Gasteiger partial charge in [-0.3, -0.25) is 14.4 Å². The predicted octanol–water partition coefficient (Wildman–Crippen LogP) is -9.35. The fraction of sp³-hybridized carbons (Fsp3) is 0.900. The lowest BCUT2D eigenvalue weighted by molar-refractivity contribution is -0.361. The van der Waals surface area contributed by atoms with Crippen LogP contribution in [0.5, 0.6) is 0 Å². The number of aliphatic hydroxyl groups excluding tert-OH is 10. The van der Waals surface area contributed by atoms with Crippen LogP contribution in [-0.2, 0) is 47.5 Å². The summed E-state index contributed by atoms with van der Waals surface area (Å²) < 4.78 is 40.3. The van der Waals surface area contributed by atoms with Gasteiger partial charge in [0.2, 0.25) is 17.7 Å². The highest BCUT2D eigenvalue weighted by Crippen LogP contribution is 2.34. The topological polar surface area (TPSA) is 380 Å². The molecule has 24 nitrogen and oxygen atoms in total. The second-order valence-corrected chi connectivity index (χ2v) is 13.4. The van der Waals surface area contributed by atoms with Crippen LogP contribution in [0.15, 0.2) is 0 Å². The van der Waals surface area contributed by atoms with Gasteiger partial charge in [-0.1, -0.05) is 0 Å². The highest BCUT2D eigenvalue weighted by Gasteiger charge is 2.56. The molecule has 24 heteroatoms. The molecule has 15 N–H and O–H groups in total. The molecule has 4 aliphatic heterocycles. The van der Waals surface area contributed by atoms with E-state index in [1.165, 1.54) is 0 Å². The fourth-order valence-corrected chi connectivity index (χ4v) is 6.81. The Kier molecular flexibility index (Phi) is 15.8. The molecule has 4 fully saturated rings. The zero-order valence-electron chi connectivity index (χ0n) is 29.5. The van der Waals surface area contributed by atoms with Crippen LogP contribution in [0.25, 0.3) is 0 Å². The van der Waals surface area contributed by atoms with Crippen molar-refractivity contribution in [3.05, 3.63) is 0 Å². The molecule has 0 aliphatic carbocycles. The average Bonchev–Trinajstić information content (AvgIpc) is 3.12. The van der Waals surface area contributed by atoms with Crippen molar-refractivity contribution < 1.29 is 98.6 Å². The van der Waals surface area contributed by atoms with E-state index in [9.17, 15) is 65.4 Å². The lowest BCUT2D eigenvalue weighted by Crippen LogP contribution is -2.71. The number of carbonyl (C=O) groups is 3. The number of amides is 3. The third-order valence-corrected chi connectivity index (χ3v) is 9.49. The maximum absolute atomic E-state index is 12.3. The van der Waals surface area contributed by atoms with Gasteiger partial charge in [0.25, 0.3) is 0 Å². The van der Waals surface area contributed by atoms with Gasteiger partial charge in [0.05, 0.1) is 32.5 Å². The van der Waals surface area contributed by atoms with Crippen LogP contribution in [0, 0.1) is 0 Å². The fourth-order valence-electron chi connectivity index (χ4n) is 6.81. The molecular weight excluding hydrogens is 736 g/mol. The quantitative estimate of drug-likeness (QED) is 0.0824. The van der Waals surface area contributed by atoms with Crippen molar-refractivity contribution in [2.24, 2.45) is 5.73 Å². The molecule has 4 aliphatic rings. The van der Waals surface area contributed by atoms with Crippen molar-refractivity contribution >= 4 is 17.7 Å². The molecule has 20 atom stereocenters. The summed E-state index contributed by atoms with van der Waals surface area (Å²) in [7, 11) is 0. The van der Waals surface area contributed by atoms with E-state index in [4.69, 9.17) is 38.9 Å². The molecule has 4 saturated heterocycles. The van der Waals surface area contributed by atoms with Gasteiger partial charge < -0.3 is 106 Å². The molecule has 0 radical (unpaired) electrons. The van der Waals surface area contributed by atoms with E-state index in [2.05, 4.69) is 16.0 Å². The smallest absolute Gasteiger partial charge is 0.217 e. The van der Waals surface area contributed by atoms with E-state index < -0.39 is 167 Å². The molecule has 312 valence electrons. The first-order valence-corrected chi connectivity index (χ1v) is 17.1. The van der Waals surface area contributed by atoms with Gasteiger partial charge in [0.1, 0.15) is 91.4 Å². The largest absolute Gasteiger partial charge is 0.394 e. The summed E-state index contributed by atoms with van der Waals surface area (Å²) in [5.41, 5.74) is 5.98. The second-order valence-electron chi connectivity index (χ2n) is 13.4. The van der Waals surface area contributed by atoms with E-state index in [1.807, 2.05) is 0 Å². The maximum atomic E-state index is 12.3. The van der Waals surface area contributed by atoms with Gasteiger partial charge in [-0.25, -0.2) is 0 Å². The highest BCUT2D eigenvalue weighted by molar-refractivity contribution is 5.74. The Morgan fingerprint density at radius 3 is 1.22 bits per heavy atom. The van der Waals surface area contributed by atoms with Crippen LogP contribution in [0.2, 0.25) is 0 Å². The zero-order chi connectivity index (χ0) is 40.2. The Labute approximate surface area is 308 Å². The van der Waals surface area contributed by atoms with E-state index in [0.29, 0.717) is 0 Å². The minimum absolute atomic E-state index is 0.655. The summed E-state index contributed by atoms with van der Waals surface area (Å²) in [5, 5.41) is 112. The summed E-state index contributed by atoms with van der Waals surface area (Å²) in [6.07, 6.45) is -26.1. The van der Waals surface area contributed by atoms with E-state index in [1.54, 1.807) is 0 Å². The van der Waals surface area contributed by atoms with Crippen molar-refractivity contribution in [3.8, 4) is 0 Å². The Hall–Kier alpha value is -2.31. The lowest BCUT2D eigenvalue weighted by atomic mass is 9.93. The molecule has 4 unspecified atom stereocenters. The van der Waals surface area contributed by atoms with E-state index >= 15 is 0 Å². The molecule has 4 rings (SSSR count). The number of hydrogen-bond acceptors (Lipinski definition) is 21. The van der Waals surface area contributed by atoms with E-state index in [-0.39, 0.29) is 0 Å². The van der Waals surface area contributed by atoms with Crippen molar-refractivity contribution in [3.63, 3.8) is 0 Å². The number of nitrogens with one attached hydrogen (secondary N) is 3. The molecule has 54 heavy (non-hydrogen) atoms. The number of nitrogens with two attached hydrogens (primary N) is 1. The van der Waals surface area contributed by atoms with Crippen LogP contribution in [-0.4, -0.2) is 218 Å². The Bertz CT molecular complexity index is 1260. The lowest BCUT2D eigenvalue weighted by Gasteiger charge is -2.50. The molecule has 0 bridgehead atoms. The molecule has 4 heterocycles. The Balaban J connectivity index is 1.59. The third-order valence-electron chi connectivity index (χ3n) is 9.49. The molecule has 0 spiro atoms. The minimum Gasteiger partial charge on any atom is -0.394 e.